The van der Waals surface area contributed by atoms with E-state index >= 15 is 0 Å². The number of esters is 2. The Morgan fingerprint density at radius 1 is 0.857 bits per heavy atom. The molecular formula is C24H36O4. The fourth-order valence-electron chi connectivity index (χ4n) is 2.81. The van der Waals surface area contributed by atoms with E-state index in [-0.39, 0.29) is 23.4 Å². The third-order valence-electron chi connectivity index (χ3n) is 4.48. The molecule has 0 N–H and O–H groups in total. The van der Waals surface area contributed by atoms with E-state index in [1.807, 2.05) is 0 Å². The van der Waals surface area contributed by atoms with Gasteiger partial charge in [0.25, 0.3) is 0 Å². The van der Waals surface area contributed by atoms with E-state index in [1.54, 1.807) is 24.3 Å². The molecule has 0 fully saturated rings. The summed E-state index contributed by atoms with van der Waals surface area (Å²) < 4.78 is 10.9. The number of carbonyl (C=O) groups excluding carboxylic acids is 2. The number of hydrogen-bond donors (Lipinski definition) is 0. The van der Waals surface area contributed by atoms with E-state index in [2.05, 4.69) is 34.3 Å². The molecule has 0 bridgehead atoms. The van der Waals surface area contributed by atoms with Gasteiger partial charge in [0, 0.05) is 12.8 Å². The molecule has 0 atom stereocenters. The van der Waals surface area contributed by atoms with Crippen LogP contribution in [-0.4, -0.2) is 11.9 Å². The van der Waals surface area contributed by atoms with E-state index in [0.717, 1.165) is 44.1 Å². The number of unbranched alkanes of at least 4 members (excludes halogenated alkanes) is 2. The summed E-state index contributed by atoms with van der Waals surface area (Å²) in [5, 5.41) is 0. The van der Waals surface area contributed by atoms with Crippen LogP contribution >= 0.6 is 0 Å². The largest absolute Gasteiger partial charge is 0.423 e. The highest BCUT2D eigenvalue weighted by molar-refractivity contribution is 5.76. The molecule has 0 aliphatic heterocycles. The zero-order valence-corrected chi connectivity index (χ0v) is 18.0. The molecule has 0 unspecified atom stereocenters. The van der Waals surface area contributed by atoms with Crippen molar-refractivity contribution in [3.05, 3.63) is 30.3 Å². The highest BCUT2D eigenvalue weighted by Gasteiger charge is 2.14. The summed E-state index contributed by atoms with van der Waals surface area (Å²) in [5.41, 5.74) is 0.805. The van der Waals surface area contributed by atoms with Crippen LogP contribution in [0.4, 0.5) is 0 Å². The second-order valence-electron chi connectivity index (χ2n) is 8.14. The molecule has 0 saturated heterocycles. The van der Waals surface area contributed by atoms with Crippen molar-refractivity contribution in [2.45, 2.75) is 79.1 Å². The van der Waals surface area contributed by atoms with Crippen LogP contribution in [0, 0.1) is 11.8 Å². The van der Waals surface area contributed by atoms with Gasteiger partial charge in [-0.3, -0.25) is 9.59 Å². The van der Waals surface area contributed by atoms with Crippen LogP contribution in [0.3, 0.4) is 0 Å². The SMILES string of the molecule is C=Cc1ccc(OC(=O)CCCCC(C)C)c(OC(=O)CCCCC(C)C)c1. The maximum Gasteiger partial charge on any atom is 0.311 e. The molecule has 4 nitrogen and oxygen atoms in total. The molecule has 28 heavy (non-hydrogen) atoms. The molecule has 0 aliphatic rings. The molecule has 0 aromatic heterocycles. The van der Waals surface area contributed by atoms with Crippen molar-refractivity contribution in [2.75, 3.05) is 0 Å². The van der Waals surface area contributed by atoms with E-state index in [0.29, 0.717) is 24.7 Å². The van der Waals surface area contributed by atoms with Crippen LogP contribution in [-0.2, 0) is 9.59 Å². The van der Waals surface area contributed by atoms with Gasteiger partial charge in [0.15, 0.2) is 11.5 Å². The van der Waals surface area contributed by atoms with Crippen molar-refractivity contribution < 1.29 is 19.1 Å². The summed E-state index contributed by atoms with van der Waals surface area (Å²) in [6.45, 7) is 12.4. The van der Waals surface area contributed by atoms with Crippen molar-refractivity contribution in [2.24, 2.45) is 11.8 Å². The quantitative estimate of drug-likeness (QED) is 0.218. The number of benzene rings is 1. The molecule has 0 heterocycles. The molecule has 1 rings (SSSR count). The highest BCUT2D eigenvalue weighted by Crippen LogP contribution is 2.30. The first-order chi connectivity index (χ1) is 13.3. The number of rotatable bonds is 13. The Morgan fingerprint density at radius 2 is 1.36 bits per heavy atom. The van der Waals surface area contributed by atoms with Gasteiger partial charge in [-0.05, 0) is 42.4 Å². The first-order valence-electron chi connectivity index (χ1n) is 10.5. The lowest BCUT2D eigenvalue weighted by Gasteiger charge is -2.12. The summed E-state index contributed by atoms with van der Waals surface area (Å²) in [6, 6.07) is 5.12. The van der Waals surface area contributed by atoms with Crippen molar-refractivity contribution in [3.63, 3.8) is 0 Å². The lowest BCUT2D eigenvalue weighted by Crippen LogP contribution is -2.12. The van der Waals surface area contributed by atoms with Crippen LogP contribution in [0.25, 0.3) is 6.08 Å². The van der Waals surface area contributed by atoms with Gasteiger partial charge in [0.1, 0.15) is 0 Å². The Balaban J connectivity index is 2.62. The van der Waals surface area contributed by atoms with Crippen molar-refractivity contribution in [1.29, 1.82) is 0 Å². The van der Waals surface area contributed by atoms with Crippen molar-refractivity contribution in [1.82, 2.24) is 0 Å². The molecular weight excluding hydrogens is 352 g/mol. The van der Waals surface area contributed by atoms with E-state index < -0.39 is 0 Å². The van der Waals surface area contributed by atoms with Gasteiger partial charge in [-0.15, -0.1) is 0 Å². The molecule has 4 heteroatoms. The second-order valence-corrected chi connectivity index (χ2v) is 8.14. The van der Waals surface area contributed by atoms with Crippen molar-refractivity contribution in [3.8, 4) is 11.5 Å². The third-order valence-corrected chi connectivity index (χ3v) is 4.48. The second kappa shape index (κ2) is 13.1. The van der Waals surface area contributed by atoms with Gasteiger partial charge in [0.05, 0.1) is 0 Å². The summed E-state index contributed by atoms with van der Waals surface area (Å²) >= 11 is 0. The first-order valence-corrected chi connectivity index (χ1v) is 10.5. The monoisotopic (exact) mass is 388 g/mol. The lowest BCUT2D eigenvalue weighted by atomic mass is 10.1. The fourth-order valence-corrected chi connectivity index (χ4v) is 2.81. The van der Waals surface area contributed by atoms with Gasteiger partial charge in [-0.25, -0.2) is 0 Å². The predicted molar refractivity (Wildman–Crippen MR) is 114 cm³/mol. The minimum atomic E-state index is -0.306. The van der Waals surface area contributed by atoms with Gasteiger partial charge >= 0.3 is 11.9 Å². The molecule has 0 amide bonds. The predicted octanol–water partition coefficient (Wildman–Crippen LogP) is 6.57. The maximum atomic E-state index is 12.2. The van der Waals surface area contributed by atoms with Crippen LogP contribution < -0.4 is 9.47 Å². The molecule has 156 valence electrons. The summed E-state index contributed by atoms with van der Waals surface area (Å²) in [6.07, 6.45) is 8.16. The Kier molecular flexibility index (Phi) is 11.2. The average Bonchev–Trinajstić information content (AvgIpc) is 2.63. The molecule has 0 radical (unpaired) electrons. The summed E-state index contributed by atoms with van der Waals surface area (Å²) in [7, 11) is 0. The average molecular weight is 389 g/mol. The number of carbonyl (C=O) groups is 2. The fraction of sp³-hybridized carbons (Fsp3) is 0.583. The molecule has 0 saturated carbocycles. The van der Waals surface area contributed by atoms with Gasteiger partial charge in [-0.2, -0.15) is 0 Å². The Morgan fingerprint density at radius 3 is 1.82 bits per heavy atom. The first kappa shape index (κ1) is 23.9. The van der Waals surface area contributed by atoms with Crippen LogP contribution in [0.2, 0.25) is 0 Å². The molecule has 1 aromatic rings. The normalized spacial score (nSPS) is 10.9. The topological polar surface area (TPSA) is 52.6 Å². The van der Waals surface area contributed by atoms with E-state index in [9.17, 15) is 9.59 Å². The lowest BCUT2D eigenvalue weighted by molar-refractivity contribution is -0.137. The minimum Gasteiger partial charge on any atom is -0.423 e. The summed E-state index contributed by atoms with van der Waals surface area (Å²) in [4.78, 5) is 24.3. The van der Waals surface area contributed by atoms with E-state index in [4.69, 9.17) is 9.47 Å². The zero-order valence-electron chi connectivity index (χ0n) is 18.0. The van der Waals surface area contributed by atoms with Gasteiger partial charge in [-0.1, -0.05) is 72.1 Å². The molecule has 1 aromatic carbocycles. The maximum absolute atomic E-state index is 12.2. The standard InChI is InChI=1S/C24H36O4/c1-6-20-15-16-21(27-23(25)13-9-7-11-18(2)3)22(17-20)28-24(26)14-10-8-12-19(4)5/h6,15-19H,1,7-14H2,2-5H3. The Hall–Kier alpha value is -2.10. The van der Waals surface area contributed by atoms with E-state index in [1.165, 1.54) is 0 Å². The smallest absolute Gasteiger partial charge is 0.311 e. The van der Waals surface area contributed by atoms with Gasteiger partial charge in [0.2, 0.25) is 0 Å². The highest BCUT2D eigenvalue weighted by atomic mass is 16.6. The molecule has 0 spiro atoms. The Labute approximate surface area is 170 Å². The molecule has 0 aliphatic carbocycles. The number of ether oxygens (including phenoxy) is 2. The minimum absolute atomic E-state index is 0.279. The summed E-state index contributed by atoms with van der Waals surface area (Å²) in [5.74, 6) is 1.22. The third kappa shape index (κ3) is 10.3. The number of hydrogen-bond acceptors (Lipinski definition) is 4. The van der Waals surface area contributed by atoms with Crippen molar-refractivity contribution >= 4 is 18.0 Å². The van der Waals surface area contributed by atoms with Crippen LogP contribution in [0.1, 0.15) is 84.6 Å². The van der Waals surface area contributed by atoms with Crippen LogP contribution in [0.5, 0.6) is 11.5 Å². The van der Waals surface area contributed by atoms with Crippen LogP contribution in [0.15, 0.2) is 24.8 Å². The zero-order chi connectivity index (χ0) is 20.9. The Bertz CT molecular complexity index is 631. The van der Waals surface area contributed by atoms with Gasteiger partial charge < -0.3 is 9.47 Å².